The second-order valence-corrected chi connectivity index (χ2v) is 9.25. The molecule has 1 aliphatic rings. The van der Waals surface area contributed by atoms with E-state index < -0.39 is 70.3 Å². The highest BCUT2D eigenvalue weighted by molar-refractivity contribution is 6.31. The third-order valence-corrected chi connectivity index (χ3v) is 6.52. The van der Waals surface area contributed by atoms with Crippen LogP contribution in [0, 0.1) is 11.7 Å². The van der Waals surface area contributed by atoms with Crippen molar-refractivity contribution in [3.63, 3.8) is 0 Å². The summed E-state index contributed by atoms with van der Waals surface area (Å²) in [6.07, 6.45) is -9.87. The zero-order chi connectivity index (χ0) is 28.5. The number of amides is 1. The number of hydrogen-bond acceptors (Lipinski definition) is 4. The van der Waals surface area contributed by atoms with Gasteiger partial charge in [0.05, 0.1) is 23.8 Å². The molecule has 0 unspecified atom stereocenters. The number of benzene rings is 2. The van der Waals surface area contributed by atoms with E-state index in [0.29, 0.717) is 23.9 Å². The number of rotatable bonds is 7. The van der Waals surface area contributed by atoms with E-state index in [1.807, 2.05) is 0 Å². The van der Waals surface area contributed by atoms with Crippen LogP contribution >= 0.6 is 11.6 Å². The maximum Gasteiger partial charge on any atom is 0.433 e. The van der Waals surface area contributed by atoms with Crippen molar-refractivity contribution in [2.24, 2.45) is 5.92 Å². The fourth-order valence-electron chi connectivity index (χ4n) is 4.01. The van der Waals surface area contributed by atoms with Gasteiger partial charge < -0.3 is 15.0 Å². The lowest BCUT2D eigenvalue weighted by Gasteiger charge is -2.34. The maximum absolute atomic E-state index is 15.3. The summed E-state index contributed by atoms with van der Waals surface area (Å²) in [5.74, 6) is -3.81. The average molecular weight is 578 g/mol. The normalized spacial score (nSPS) is 17.5. The van der Waals surface area contributed by atoms with Crippen molar-refractivity contribution in [1.29, 1.82) is 0 Å². The van der Waals surface area contributed by atoms with Gasteiger partial charge in [-0.3, -0.25) is 9.59 Å². The third kappa shape index (κ3) is 6.59. The maximum atomic E-state index is 15.3. The van der Waals surface area contributed by atoms with Crippen LogP contribution in [0.1, 0.15) is 35.2 Å². The molecule has 6 nitrogen and oxygen atoms in total. The number of alkyl halides is 6. The highest BCUT2D eigenvalue weighted by Gasteiger charge is 2.39. The molecule has 0 bridgehead atoms. The molecule has 0 saturated heterocycles. The molecule has 1 aromatic heterocycles. The van der Waals surface area contributed by atoms with Crippen LogP contribution in [0.3, 0.4) is 0 Å². The summed E-state index contributed by atoms with van der Waals surface area (Å²) in [6.45, 7) is -0.315. The molecule has 14 heteroatoms. The van der Waals surface area contributed by atoms with E-state index in [4.69, 9.17) is 16.3 Å². The van der Waals surface area contributed by atoms with Gasteiger partial charge in [-0.05, 0) is 30.5 Å². The number of aromatic amines is 1. The second-order valence-electron chi connectivity index (χ2n) is 8.85. The number of hydrogen-bond donors (Lipinski definition) is 2. The largest absolute Gasteiger partial charge is 0.433 e. The Balaban J connectivity index is 1.47. The first-order valence-electron chi connectivity index (χ1n) is 11.4. The van der Waals surface area contributed by atoms with Crippen molar-refractivity contribution in [2.75, 3.05) is 0 Å². The summed E-state index contributed by atoms with van der Waals surface area (Å²) >= 11 is 6.07. The van der Waals surface area contributed by atoms with Gasteiger partial charge in [-0.1, -0.05) is 35.9 Å². The van der Waals surface area contributed by atoms with E-state index in [9.17, 15) is 35.9 Å². The van der Waals surface area contributed by atoms with E-state index in [1.165, 1.54) is 0 Å². The third-order valence-electron chi connectivity index (χ3n) is 6.15. The molecule has 1 aliphatic carbocycles. The molecule has 4 rings (SSSR count). The molecule has 2 aromatic carbocycles. The quantitative estimate of drug-likeness (QED) is 0.344. The minimum atomic E-state index is -5.18. The van der Waals surface area contributed by atoms with E-state index in [-0.39, 0.29) is 18.8 Å². The van der Waals surface area contributed by atoms with E-state index in [0.717, 1.165) is 11.6 Å². The molecule has 2 N–H and O–H groups in total. The Hall–Kier alpha value is -3.45. The summed E-state index contributed by atoms with van der Waals surface area (Å²) in [5, 5.41) is 2.96. The number of nitrogens with zero attached hydrogens (tertiary/aromatic N) is 1. The van der Waals surface area contributed by atoms with Crippen LogP contribution in [0.5, 0.6) is 0 Å². The van der Waals surface area contributed by atoms with Crippen molar-refractivity contribution in [1.82, 2.24) is 15.3 Å². The Bertz CT molecular complexity index is 1430. The molecule has 0 aliphatic heterocycles. The highest BCUT2D eigenvalue weighted by Crippen LogP contribution is 2.39. The number of halogens is 8. The minimum Gasteiger partial charge on any atom is -0.373 e. The van der Waals surface area contributed by atoms with Gasteiger partial charge in [0, 0.05) is 29.1 Å². The van der Waals surface area contributed by atoms with Gasteiger partial charge >= 0.3 is 12.4 Å². The average Bonchev–Trinajstić information content (AvgIpc) is 2.81. The van der Waals surface area contributed by atoms with Crippen molar-refractivity contribution in [3.8, 4) is 11.4 Å². The van der Waals surface area contributed by atoms with Gasteiger partial charge in [-0.15, -0.1) is 0 Å². The van der Waals surface area contributed by atoms with Crippen molar-refractivity contribution >= 4 is 17.5 Å². The summed E-state index contributed by atoms with van der Waals surface area (Å²) < 4.78 is 101. The fraction of sp³-hybridized carbons (Fsp3) is 0.320. The zero-order valence-electron chi connectivity index (χ0n) is 19.7. The minimum absolute atomic E-state index is 0.0444. The topological polar surface area (TPSA) is 84.1 Å². The Morgan fingerprint density at radius 1 is 1.05 bits per heavy atom. The van der Waals surface area contributed by atoms with Crippen LogP contribution < -0.4 is 10.9 Å². The molecule has 0 atom stereocenters. The van der Waals surface area contributed by atoms with Crippen LogP contribution in [0.4, 0.5) is 30.7 Å². The van der Waals surface area contributed by atoms with Crippen LogP contribution in [0.15, 0.2) is 47.3 Å². The predicted octanol–water partition coefficient (Wildman–Crippen LogP) is 5.88. The molecule has 1 saturated carbocycles. The molecule has 0 radical (unpaired) electrons. The summed E-state index contributed by atoms with van der Waals surface area (Å²) in [5.41, 5.74) is -5.89. The molecule has 0 spiro atoms. The van der Waals surface area contributed by atoms with E-state index >= 15 is 4.39 Å². The summed E-state index contributed by atoms with van der Waals surface area (Å²) in [4.78, 5) is 29.0. The molecule has 3 aromatic rings. The smallest absolute Gasteiger partial charge is 0.373 e. The predicted molar refractivity (Wildman–Crippen MR) is 125 cm³/mol. The van der Waals surface area contributed by atoms with Crippen LogP contribution in [-0.2, 0) is 35.0 Å². The van der Waals surface area contributed by atoms with Gasteiger partial charge in [0.1, 0.15) is 11.6 Å². The molecular formula is C25H19ClF7N3O3. The lowest BCUT2D eigenvalue weighted by atomic mass is 9.81. The van der Waals surface area contributed by atoms with Crippen LogP contribution in [0.25, 0.3) is 11.4 Å². The van der Waals surface area contributed by atoms with Gasteiger partial charge in [-0.2, -0.15) is 26.3 Å². The number of carbonyl (C=O) groups is 1. The Kier molecular flexibility index (Phi) is 8.03. The SMILES string of the molecule is O=c1cc(C(F)(F)F)nc(-c2c(C(F)(F)F)ccc(CNC(=O)[C@H]3C[C@H](OCc4ccccc4Cl)C3)c2F)[nH]1. The Morgan fingerprint density at radius 2 is 1.74 bits per heavy atom. The van der Waals surface area contributed by atoms with E-state index in [2.05, 4.69) is 10.3 Å². The molecule has 208 valence electrons. The molecule has 1 amide bonds. The standard InChI is InChI=1S/C25H19ClF7N3O3/c26-17-4-2-1-3-13(17)11-39-15-7-14(8-15)23(38)34-10-12-5-6-16(24(28,29)30)20(21(12)27)22-35-18(25(31,32)33)9-19(37)36-22/h1-6,9,14-15H,7-8,10-11H2,(H,34,38)(H,35,36,37)/t14-,15-. The highest BCUT2D eigenvalue weighted by atomic mass is 35.5. The first-order chi connectivity index (χ1) is 18.2. The van der Waals surface area contributed by atoms with Crippen LogP contribution in [0.2, 0.25) is 5.02 Å². The number of nitrogens with one attached hydrogen (secondary N) is 2. The fourth-order valence-corrected chi connectivity index (χ4v) is 4.20. The first kappa shape index (κ1) is 28.6. The second kappa shape index (κ2) is 11.0. The summed E-state index contributed by atoms with van der Waals surface area (Å²) in [6, 6.07) is 8.32. The van der Waals surface area contributed by atoms with Gasteiger partial charge in [0.2, 0.25) is 5.91 Å². The van der Waals surface area contributed by atoms with Crippen molar-refractivity contribution in [2.45, 2.75) is 44.4 Å². The summed E-state index contributed by atoms with van der Waals surface area (Å²) in [7, 11) is 0. The number of carbonyl (C=O) groups excluding carboxylic acids is 1. The molecule has 39 heavy (non-hydrogen) atoms. The molecule has 1 heterocycles. The number of H-pyrrole nitrogens is 1. The molecular weight excluding hydrogens is 559 g/mol. The van der Waals surface area contributed by atoms with Gasteiger partial charge in [0.15, 0.2) is 5.69 Å². The lowest BCUT2D eigenvalue weighted by molar-refractivity contribution is -0.141. The zero-order valence-corrected chi connectivity index (χ0v) is 20.5. The first-order valence-corrected chi connectivity index (χ1v) is 11.8. The van der Waals surface area contributed by atoms with Gasteiger partial charge in [-0.25, -0.2) is 9.37 Å². The Morgan fingerprint density at radius 3 is 2.38 bits per heavy atom. The number of ether oxygens (including phenoxy) is 1. The lowest BCUT2D eigenvalue weighted by Crippen LogP contribution is -2.42. The van der Waals surface area contributed by atoms with Crippen LogP contribution in [-0.4, -0.2) is 22.0 Å². The monoisotopic (exact) mass is 577 g/mol. The van der Waals surface area contributed by atoms with Crippen molar-refractivity contribution < 1.29 is 40.3 Å². The van der Waals surface area contributed by atoms with Gasteiger partial charge in [0.25, 0.3) is 5.56 Å². The molecule has 1 fully saturated rings. The number of aromatic nitrogens is 2. The van der Waals surface area contributed by atoms with E-state index in [1.54, 1.807) is 29.2 Å². The van der Waals surface area contributed by atoms with Crippen molar-refractivity contribution in [3.05, 3.63) is 86.0 Å². The Labute approximate surface area is 221 Å².